The summed E-state index contributed by atoms with van der Waals surface area (Å²) in [4.78, 5) is 0. The minimum atomic E-state index is -0.0596. The Bertz CT molecular complexity index is 116. The van der Waals surface area contributed by atoms with Crippen LogP contribution < -0.4 is 0 Å². The molecule has 2 unspecified atom stereocenters. The van der Waals surface area contributed by atoms with Crippen LogP contribution in [0.5, 0.6) is 0 Å². The van der Waals surface area contributed by atoms with Crippen LogP contribution in [0.25, 0.3) is 0 Å². The highest BCUT2D eigenvalue weighted by Crippen LogP contribution is 2.00. The van der Waals surface area contributed by atoms with Gasteiger partial charge in [-0.2, -0.15) is 0 Å². The summed E-state index contributed by atoms with van der Waals surface area (Å²) in [6.07, 6.45) is 2.91. The molecule has 0 saturated carbocycles. The van der Waals surface area contributed by atoms with E-state index in [0.717, 1.165) is 19.3 Å². The van der Waals surface area contributed by atoms with Crippen molar-refractivity contribution in [2.45, 2.75) is 45.3 Å². The Hall–Kier alpha value is -0.160. The molecular weight excluding hydrogens is 196 g/mol. The third kappa shape index (κ3) is 10.1. The van der Waals surface area contributed by atoms with Gasteiger partial charge in [0.1, 0.15) is 0 Å². The minimum Gasteiger partial charge on any atom is -0.394 e. The third-order valence-electron chi connectivity index (χ3n) is 2.11. The van der Waals surface area contributed by atoms with Crippen LogP contribution in [0.3, 0.4) is 0 Å². The van der Waals surface area contributed by atoms with Crippen LogP contribution >= 0.6 is 0 Å². The Labute approximate surface area is 92.2 Å². The number of hydrogen-bond acceptors (Lipinski definition) is 4. The average Bonchev–Trinajstić information content (AvgIpc) is 2.26. The van der Waals surface area contributed by atoms with E-state index in [1.807, 2.05) is 13.8 Å². The van der Waals surface area contributed by atoms with Gasteiger partial charge >= 0.3 is 0 Å². The molecule has 0 aliphatic carbocycles. The van der Waals surface area contributed by atoms with Crippen molar-refractivity contribution < 1.29 is 19.7 Å². The first-order chi connectivity index (χ1) is 7.20. The van der Waals surface area contributed by atoms with Crippen LogP contribution in [0.4, 0.5) is 0 Å². The van der Waals surface area contributed by atoms with Crippen LogP contribution in [0.2, 0.25) is 0 Å². The van der Waals surface area contributed by atoms with E-state index in [-0.39, 0.29) is 25.4 Å². The quantitative estimate of drug-likeness (QED) is 0.538. The van der Waals surface area contributed by atoms with Crippen molar-refractivity contribution in [3.63, 3.8) is 0 Å². The maximum atomic E-state index is 8.70. The molecule has 0 fully saturated rings. The van der Waals surface area contributed by atoms with Crippen LogP contribution in [0.1, 0.15) is 33.1 Å². The summed E-state index contributed by atoms with van der Waals surface area (Å²) < 4.78 is 10.6. The molecule has 0 aliphatic rings. The van der Waals surface area contributed by atoms with Crippen molar-refractivity contribution in [2.75, 3.05) is 26.4 Å². The van der Waals surface area contributed by atoms with Gasteiger partial charge in [0.15, 0.2) is 0 Å². The van der Waals surface area contributed by atoms with Gasteiger partial charge in [0, 0.05) is 13.2 Å². The molecule has 0 rings (SSSR count). The van der Waals surface area contributed by atoms with Gasteiger partial charge in [0.2, 0.25) is 0 Å². The predicted octanol–water partition coefficient (Wildman–Crippen LogP) is 0.951. The highest BCUT2D eigenvalue weighted by atomic mass is 16.5. The normalized spacial score (nSPS) is 15.2. The van der Waals surface area contributed by atoms with Crippen LogP contribution in [0, 0.1) is 0 Å². The van der Waals surface area contributed by atoms with E-state index < -0.39 is 0 Å². The summed E-state index contributed by atoms with van der Waals surface area (Å²) in [7, 11) is 0. The molecule has 0 spiro atoms. The number of aliphatic hydroxyl groups is 2. The van der Waals surface area contributed by atoms with Gasteiger partial charge in [-0.3, -0.25) is 0 Å². The first-order valence-electron chi connectivity index (χ1n) is 5.65. The molecule has 2 atom stereocenters. The molecule has 0 aliphatic heterocycles. The fourth-order valence-electron chi connectivity index (χ4n) is 1.06. The molecule has 4 heteroatoms. The standard InChI is InChI=1S/C11H24O4/c1-10(8-12)14-6-4-3-5-7-15-11(2)9-13/h10-13H,3-9H2,1-2H3. The predicted molar refractivity (Wildman–Crippen MR) is 58.9 cm³/mol. The fourth-order valence-corrected chi connectivity index (χ4v) is 1.06. The Morgan fingerprint density at radius 1 is 0.800 bits per heavy atom. The van der Waals surface area contributed by atoms with Crippen molar-refractivity contribution in [2.24, 2.45) is 0 Å². The van der Waals surface area contributed by atoms with Crippen molar-refractivity contribution in [3.8, 4) is 0 Å². The zero-order valence-corrected chi connectivity index (χ0v) is 9.82. The molecule has 0 amide bonds. The van der Waals surface area contributed by atoms with E-state index in [2.05, 4.69) is 0 Å². The summed E-state index contributed by atoms with van der Waals surface area (Å²) in [5.41, 5.74) is 0. The van der Waals surface area contributed by atoms with E-state index in [9.17, 15) is 0 Å². The van der Waals surface area contributed by atoms with Crippen LogP contribution in [-0.2, 0) is 9.47 Å². The smallest absolute Gasteiger partial charge is 0.0777 e. The molecular formula is C11H24O4. The maximum absolute atomic E-state index is 8.70. The van der Waals surface area contributed by atoms with Gasteiger partial charge in [-0.15, -0.1) is 0 Å². The van der Waals surface area contributed by atoms with Crippen LogP contribution in [-0.4, -0.2) is 48.8 Å². The topological polar surface area (TPSA) is 58.9 Å². The van der Waals surface area contributed by atoms with Gasteiger partial charge in [-0.1, -0.05) is 0 Å². The van der Waals surface area contributed by atoms with Crippen molar-refractivity contribution in [1.82, 2.24) is 0 Å². The molecule has 0 aromatic rings. The second-order valence-corrected chi connectivity index (χ2v) is 3.79. The van der Waals surface area contributed by atoms with Crippen molar-refractivity contribution >= 4 is 0 Å². The average molecular weight is 220 g/mol. The summed E-state index contributed by atoms with van der Waals surface area (Å²) in [6.45, 7) is 5.25. The third-order valence-corrected chi connectivity index (χ3v) is 2.11. The summed E-state index contributed by atoms with van der Waals surface area (Å²) in [5, 5.41) is 17.4. The monoisotopic (exact) mass is 220 g/mol. The Kier molecular flexibility index (Phi) is 10.3. The molecule has 0 saturated heterocycles. The lowest BCUT2D eigenvalue weighted by molar-refractivity contribution is 0.0143. The first-order valence-corrected chi connectivity index (χ1v) is 5.65. The minimum absolute atomic E-state index is 0.0596. The van der Waals surface area contributed by atoms with Gasteiger partial charge in [-0.25, -0.2) is 0 Å². The molecule has 0 heterocycles. The maximum Gasteiger partial charge on any atom is 0.0777 e. The molecule has 92 valence electrons. The molecule has 15 heavy (non-hydrogen) atoms. The van der Waals surface area contributed by atoms with E-state index in [1.54, 1.807) is 0 Å². The Morgan fingerprint density at radius 2 is 1.20 bits per heavy atom. The lowest BCUT2D eigenvalue weighted by Crippen LogP contribution is -2.14. The molecule has 4 nitrogen and oxygen atoms in total. The number of unbranched alkanes of at least 4 members (excludes halogenated alkanes) is 2. The van der Waals surface area contributed by atoms with Crippen molar-refractivity contribution in [3.05, 3.63) is 0 Å². The van der Waals surface area contributed by atoms with E-state index in [0.29, 0.717) is 13.2 Å². The van der Waals surface area contributed by atoms with Crippen LogP contribution in [0.15, 0.2) is 0 Å². The summed E-state index contributed by atoms with van der Waals surface area (Å²) in [6, 6.07) is 0. The molecule has 2 N–H and O–H groups in total. The Balaban J connectivity index is 3.05. The highest BCUT2D eigenvalue weighted by Gasteiger charge is 2.00. The fraction of sp³-hybridized carbons (Fsp3) is 1.00. The van der Waals surface area contributed by atoms with Gasteiger partial charge in [0.05, 0.1) is 25.4 Å². The molecule has 0 radical (unpaired) electrons. The Morgan fingerprint density at radius 3 is 1.53 bits per heavy atom. The van der Waals surface area contributed by atoms with Gasteiger partial charge < -0.3 is 19.7 Å². The molecule has 0 aromatic carbocycles. The molecule has 0 aromatic heterocycles. The SMILES string of the molecule is CC(CO)OCCCCCOC(C)CO. The van der Waals surface area contributed by atoms with E-state index in [4.69, 9.17) is 19.7 Å². The van der Waals surface area contributed by atoms with Gasteiger partial charge in [0.25, 0.3) is 0 Å². The van der Waals surface area contributed by atoms with E-state index >= 15 is 0 Å². The number of ether oxygens (including phenoxy) is 2. The van der Waals surface area contributed by atoms with Crippen molar-refractivity contribution in [1.29, 1.82) is 0 Å². The summed E-state index contributed by atoms with van der Waals surface area (Å²) >= 11 is 0. The first kappa shape index (κ1) is 14.8. The lowest BCUT2D eigenvalue weighted by atomic mass is 10.2. The van der Waals surface area contributed by atoms with Gasteiger partial charge in [-0.05, 0) is 33.1 Å². The number of hydrogen-bond donors (Lipinski definition) is 2. The summed E-state index contributed by atoms with van der Waals surface area (Å²) in [5.74, 6) is 0. The number of rotatable bonds is 10. The second-order valence-electron chi connectivity index (χ2n) is 3.79. The number of aliphatic hydroxyl groups excluding tert-OH is 2. The zero-order chi connectivity index (χ0) is 11.5. The molecule has 0 bridgehead atoms. The largest absolute Gasteiger partial charge is 0.394 e. The highest BCUT2D eigenvalue weighted by molar-refractivity contribution is 4.48. The zero-order valence-electron chi connectivity index (χ0n) is 9.82. The second kappa shape index (κ2) is 10.4. The van der Waals surface area contributed by atoms with E-state index in [1.165, 1.54) is 0 Å². The lowest BCUT2D eigenvalue weighted by Gasteiger charge is -2.11.